The third kappa shape index (κ3) is 4.29. The van der Waals surface area contributed by atoms with E-state index in [4.69, 9.17) is 0 Å². The number of aryl methyl sites for hydroxylation is 1. The molecule has 1 aromatic carbocycles. The van der Waals surface area contributed by atoms with Crippen LogP contribution in [0.5, 0.6) is 0 Å². The van der Waals surface area contributed by atoms with Crippen LogP contribution in [0.3, 0.4) is 0 Å². The minimum absolute atomic E-state index is 0.367. The van der Waals surface area contributed by atoms with Gasteiger partial charge in [0, 0.05) is 63.8 Å². The second kappa shape index (κ2) is 8.28. The van der Waals surface area contributed by atoms with Crippen molar-refractivity contribution in [2.45, 2.75) is 19.4 Å². The van der Waals surface area contributed by atoms with Gasteiger partial charge in [0.2, 0.25) is 0 Å². The Labute approximate surface area is 167 Å². The topological polar surface area (TPSA) is 59.2 Å². The molecule has 0 spiro atoms. The Morgan fingerprint density at radius 2 is 1.93 bits per heavy atom. The first-order valence-electron chi connectivity index (χ1n) is 9.71. The monoisotopic (exact) mass is 402 g/mol. The average Bonchev–Trinajstić information content (AvgIpc) is 3.13. The molecule has 9 heteroatoms. The van der Waals surface area contributed by atoms with E-state index in [1.807, 2.05) is 36.3 Å². The molecule has 0 aliphatic carbocycles. The number of alkyl halides is 2. The van der Waals surface area contributed by atoms with Crippen molar-refractivity contribution in [3.05, 3.63) is 53.1 Å². The van der Waals surface area contributed by atoms with E-state index in [9.17, 15) is 13.6 Å². The molecule has 1 saturated heterocycles. The minimum atomic E-state index is -2.58. The summed E-state index contributed by atoms with van der Waals surface area (Å²) in [6, 6.07) is 5.44. The van der Waals surface area contributed by atoms with Gasteiger partial charge in [-0.05, 0) is 18.2 Å². The highest BCUT2D eigenvalue weighted by Gasteiger charge is 2.18. The van der Waals surface area contributed by atoms with Gasteiger partial charge in [0.15, 0.2) is 0 Å². The summed E-state index contributed by atoms with van der Waals surface area (Å²) in [7, 11) is 2.01. The van der Waals surface area contributed by atoms with E-state index in [0.717, 1.165) is 49.4 Å². The molecule has 0 radical (unpaired) electrons. The number of nitrogens with zero attached hydrogens (tertiary/aromatic N) is 6. The summed E-state index contributed by atoms with van der Waals surface area (Å²) in [5.74, 6) is 0. The van der Waals surface area contributed by atoms with Gasteiger partial charge in [-0.15, -0.1) is 0 Å². The van der Waals surface area contributed by atoms with E-state index < -0.39 is 18.5 Å². The van der Waals surface area contributed by atoms with Gasteiger partial charge in [-0.1, -0.05) is 0 Å². The van der Waals surface area contributed by atoms with E-state index in [-0.39, 0.29) is 0 Å². The van der Waals surface area contributed by atoms with Crippen LogP contribution < -0.4 is 10.5 Å². The van der Waals surface area contributed by atoms with E-state index in [1.165, 1.54) is 12.0 Å². The number of fused-ring (bicyclic) bond motifs is 1. The van der Waals surface area contributed by atoms with Crippen LogP contribution in [-0.4, -0.2) is 63.2 Å². The van der Waals surface area contributed by atoms with E-state index >= 15 is 0 Å². The maximum atomic E-state index is 12.6. The molecule has 0 N–H and O–H groups in total. The number of halogens is 2. The second-order valence-electron chi connectivity index (χ2n) is 7.37. The van der Waals surface area contributed by atoms with Crippen LogP contribution >= 0.6 is 0 Å². The van der Waals surface area contributed by atoms with E-state index in [2.05, 4.69) is 19.8 Å². The van der Waals surface area contributed by atoms with Crippen molar-refractivity contribution >= 4 is 16.6 Å². The van der Waals surface area contributed by atoms with Gasteiger partial charge in [-0.25, -0.2) is 18.7 Å². The molecule has 3 heterocycles. The number of imidazole rings is 1. The maximum Gasteiger partial charge on any atom is 0.261 e. The first kappa shape index (κ1) is 19.5. The molecule has 0 unspecified atom stereocenters. The fourth-order valence-corrected chi connectivity index (χ4v) is 3.75. The number of aromatic nitrogens is 4. The zero-order chi connectivity index (χ0) is 20.4. The summed E-state index contributed by atoms with van der Waals surface area (Å²) in [6.45, 7) is 4.05. The van der Waals surface area contributed by atoms with Crippen molar-refractivity contribution in [2.75, 3.05) is 37.6 Å². The highest BCUT2D eigenvalue weighted by Crippen LogP contribution is 2.20. The molecule has 1 fully saturated rings. The van der Waals surface area contributed by atoms with Crippen LogP contribution in [0.1, 0.15) is 5.69 Å². The van der Waals surface area contributed by atoms with Gasteiger partial charge in [-0.3, -0.25) is 14.3 Å². The molecule has 154 valence electrons. The molecule has 29 heavy (non-hydrogen) atoms. The van der Waals surface area contributed by atoms with E-state index in [0.29, 0.717) is 10.9 Å². The van der Waals surface area contributed by atoms with Gasteiger partial charge in [-0.2, -0.15) is 0 Å². The Kier molecular flexibility index (Phi) is 5.57. The lowest BCUT2D eigenvalue weighted by molar-refractivity contribution is 0.125. The van der Waals surface area contributed by atoms with Crippen LogP contribution in [0.4, 0.5) is 14.5 Å². The van der Waals surface area contributed by atoms with Crippen molar-refractivity contribution in [1.29, 1.82) is 0 Å². The molecule has 0 amide bonds. The third-order valence-electron chi connectivity index (χ3n) is 5.48. The van der Waals surface area contributed by atoms with Crippen LogP contribution in [0, 0.1) is 0 Å². The molecule has 0 atom stereocenters. The number of rotatable bonds is 6. The number of anilines is 1. The molecule has 7 nitrogen and oxygen atoms in total. The van der Waals surface area contributed by atoms with Gasteiger partial charge < -0.3 is 9.47 Å². The summed E-state index contributed by atoms with van der Waals surface area (Å²) >= 11 is 0. The smallest absolute Gasteiger partial charge is 0.261 e. The Bertz CT molecular complexity index is 1040. The Balaban J connectivity index is 1.40. The number of benzene rings is 1. The molecule has 1 aliphatic heterocycles. The maximum absolute atomic E-state index is 12.6. The summed E-state index contributed by atoms with van der Waals surface area (Å²) in [5, 5.41) is 0.367. The van der Waals surface area contributed by atoms with Crippen LogP contribution in [0.2, 0.25) is 0 Å². The van der Waals surface area contributed by atoms with Crippen molar-refractivity contribution in [2.24, 2.45) is 7.05 Å². The molecular formula is C20H24F2N6O. The van der Waals surface area contributed by atoms with Crippen LogP contribution in [0.15, 0.2) is 41.8 Å². The van der Waals surface area contributed by atoms with Crippen molar-refractivity contribution in [3.8, 4) is 0 Å². The zero-order valence-electron chi connectivity index (χ0n) is 16.3. The molecule has 3 aromatic rings. The van der Waals surface area contributed by atoms with Crippen molar-refractivity contribution in [1.82, 2.24) is 24.0 Å². The number of hydrogen-bond donors (Lipinski definition) is 0. The molecule has 0 saturated carbocycles. The molecule has 4 rings (SSSR count). The Morgan fingerprint density at radius 1 is 1.14 bits per heavy atom. The van der Waals surface area contributed by atoms with Crippen LogP contribution in [-0.2, 0) is 20.0 Å². The highest BCUT2D eigenvalue weighted by molar-refractivity contribution is 5.81. The lowest BCUT2D eigenvalue weighted by atomic mass is 10.2. The van der Waals surface area contributed by atoms with E-state index in [1.54, 1.807) is 6.07 Å². The highest BCUT2D eigenvalue weighted by atomic mass is 19.3. The summed E-state index contributed by atoms with van der Waals surface area (Å²) in [4.78, 5) is 25.4. The summed E-state index contributed by atoms with van der Waals surface area (Å²) in [6.07, 6.45) is 3.33. The Morgan fingerprint density at radius 3 is 2.62 bits per heavy atom. The summed E-state index contributed by atoms with van der Waals surface area (Å²) < 4.78 is 28.2. The first-order valence-corrected chi connectivity index (χ1v) is 9.71. The lowest BCUT2D eigenvalue weighted by Gasteiger charge is -2.36. The normalized spacial score (nSPS) is 15.5. The third-order valence-corrected chi connectivity index (χ3v) is 5.48. The lowest BCUT2D eigenvalue weighted by Crippen LogP contribution is -2.47. The van der Waals surface area contributed by atoms with Gasteiger partial charge in [0.1, 0.15) is 0 Å². The van der Waals surface area contributed by atoms with Gasteiger partial charge >= 0.3 is 0 Å². The quantitative estimate of drug-likeness (QED) is 0.629. The predicted molar refractivity (Wildman–Crippen MR) is 108 cm³/mol. The largest absolute Gasteiger partial charge is 0.369 e. The van der Waals surface area contributed by atoms with Crippen LogP contribution in [0.25, 0.3) is 10.9 Å². The molecule has 1 aliphatic rings. The minimum Gasteiger partial charge on any atom is -0.369 e. The number of hydrogen-bond acceptors (Lipinski definition) is 5. The SMILES string of the molecule is Cn1cncc1CCN1CCN(c2ccc3c(=O)n(CC(F)F)cnc3c2)CC1. The summed E-state index contributed by atoms with van der Waals surface area (Å²) in [5.41, 5.74) is 2.34. The first-order chi connectivity index (χ1) is 14.0. The van der Waals surface area contributed by atoms with Crippen molar-refractivity contribution < 1.29 is 8.78 Å². The standard InChI is InChI=1S/C20H24F2N6O/c1-25-13-23-11-16(25)4-5-26-6-8-27(9-7-26)15-2-3-17-18(10-15)24-14-28(20(17)29)12-19(21)22/h2-3,10-11,13-14,19H,4-9,12H2,1H3. The molecule has 2 aromatic heterocycles. The average molecular weight is 402 g/mol. The Hall–Kier alpha value is -2.81. The molecular weight excluding hydrogens is 378 g/mol. The molecule has 0 bridgehead atoms. The second-order valence-corrected chi connectivity index (χ2v) is 7.37. The number of piperazine rings is 1. The fraction of sp³-hybridized carbons (Fsp3) is 0.450. The predicted octanol–water partition coefficient (Wildman–Crippen LogP) is 1.76. The fourth-order valence-electron chi connectivity index (χ4n) is 3.75. The van der Waals surface area contributed by atoms with Gasteiger partial charge in [0.05, 0.1) is 30.1 Å². The zero-order valence-corrected chi connectivity index (χ0v) is 16.3. The van der Waals surface area contributed by atoms with Gasteiger partial charge in [0.25, 0.3) is 12.0 Å². The van der Waals surface area contributed by atoms with Crippen molar-refractivity contribution in [3.63, 3.8) is 0 Å².